The van der Waals surface area contributed by atoms with Crippen LogP contribution >= 0.6 is 11.3 Å². The summed E-state index contributed by atoms with van der Waals surface area (Å²) < 4.78 is 0. The van der Waals surface area contributed by atoms with Crippen LogP contribution in [0.15, 0.2) is 6.07 Å². The van der Waals surface area contributed by atoms with Gasteiger partial charge in [-0.15, -0.1) is 11.3 Å². The van der Waals surface area contributed by atoms with Gasteiger partial charge in [0.05, 0.1) is 5.39 Å². The summed E-state index contributed by atoms with van der Waals surface area (Å²) in [4.78, 5) is 11.7. The zero-order chi connectivity index (χ0) is 14.8. The van der Waals surface area contributed by atoms with Crippen molar-refractivity contribution in [2.45, 2.75) is 52.0 Å². The molecule has 0 aliphatic heterocycles. The maximum absolute atomic E-state index is 4.65. The third-order valence-corrected chi connectivity index (χ3v) is 5.55. The molecule has 0 atom stereocenters. The highest BCUT2D eigenvalue weighted by Gasteiger charge is 2.20. The van der Waals surface area contributed by atoms with Gasteiger partial charge in [-0.25, -0.2) is 4.98 Å². The third kappa shape index (κ3) is 3.12. The van der Waals surface area contributed by atoms with Crippen molar-refractivity contribution in [2.24, 2.45) is 5.92 Å². The summed E-state index contributed by atoms with van der Waals surface area (Å²) >= 11 is 1.77. The quantitative estimate of drug-likeness (QED) is 0.885. The van der Waals surface area contributed by atoms with Gasteiger partial charge in [0.2, 0.25) is 5.95 Å². The minimum atomic E-state index is 0.550. The van der Waals surface area contributed by atoms with Crippen LogP contribution in [0.5, 0.6) is 0 Å². The van der Waals surface area contributed by atoms with Crippen LogP contribution in [0.2, 0.25) is 0 Å². The Morgan fingerprint density at radius 2 is 2.00 bits per heavy atom. The normalized spacial score (nSPS) is 22.4. The van der Waals surface area contributed by atoms with Crippen molar-refractivity contribution >= 4 is 33.3 Å². The van der Waals surface area contributed by atoms with Crippen molar-refractivity contribution in [2.75, 3.05) is 17.7 Å². The van der Waals surface area contributed by atoms with Crippen LogP contribution < -0.4 is 10.6 Å². The van der Waals surface area contributed by atoms with Crippen LogP contribution in [-0.4, -0.2) is 23.1 Å². The number of anilines is 2. The van der Waals surface area contributed by atoms with Gasteiger partial charge in [0.1, 0.15) is 10.6 Å². The molecule has 114 valence electrons. The molecule has 0 bridgehead atoms. The molecule has 0 aromatic carbocycles. The molecule has 21 heavy (non-hydrogen) atoms. The molecule has 2 N–H and O–H groups in total. The van der Waals surface area contributed by atoms with Crippen LogP contribution in [0.25, 0.3) is 10.2 Å². The lowest BCUT2D eigenvalue weighted by molar-refractivity contribution is 0.361. The second kappa shape index (κ2) is 6.18. The average molecular weight is 304 g/mol. The number of aromatic nitrogens is 2. The van der Waals surface area contributed by atoms with Crippen molar-refractivity contribution in [1.29, 1.82) is 0 Å². The second-order valence-electron chi connectivity index (χ2n) is 6.03. The third-order valence-electron chi connectivity index (χ3n) is 4.37. The molecule has 5 heteroatoms. The molecular formula is C16H24N4S. The maximum atomic E-state index is 4.65. The van der Waals surface area contributed by atoms with Crippen LogP contribution in [-0.2, 0) is 6.42 Å². The molecule has 0 spiro atoms. The molecule has 1 fully saturated rings. The summed E-state index contributed by atoms with van der Waals surface area (Å²) in [5, 5.41) is 7.92. The molecule has 0 saturated heterocycles. The Morgan fingerprint density at radius 3 is 2.67 bits per heavy atom. The number of hydrogen-bond acceptors (Lipinski definition) is 5. The highest BCUT2D eigenvalue weighted by molar-refractivity contribution is 7.18. The SMILES string of the molecule is CCc1cc2c(NC3CCC(C)CC3)nc(NC)nc2s1. The molecule has 2 aromatic heterocycles. The predicted molar refractivity (Wildman–Crippen MR) is 91.4 cm³/mol. The lowest BCUT2D eigenvalue weighted by Gasteiger charge is -2.27. The lowest BCUT2D eigenvalue weighted by atomic mass is 9.87. The summed E-state index contributed by atoms with van der Waals surface area (Å²) in [5.74, 6) is 2.58. The van der Waals surface area contributed by atoms with Crippen molar-refractivity contribution in [3.8, 4) is 0 Å². The first-order valence-electron chi connectivity index (χ1n) is 7.94. The maximum Gasteiger partial charge on any atom is 0.225 e. The van der Waals surface area contributed by atoms with Gasteiger partial charge in [-0.2, -0.15) is 4.98 Å². The molecule has 0 radical (unpaired) electrons. The topological polar surface area (TPSA) is 49.8 Å². The molecule has 0 amide bonds. The van der Waals surface area contributed by atoms with Gasteiger partial charge < -0.3 is 10.6 Å². The molecule has 1 saturated carbocycles. The van der Waals surface area contributed by atoms with Gasteiger partial charge >= 0.3 is 0 Å². The van der Waals surface area contributed by atoms with E-state index in [0.717, 1.165) is 23.0 Å². The van der Waals surface area contributed by atoms with E-state index in [1.165, 1.54) is 35.9 Å². The monoisotopic (exact) mass is 304 g/mol. The Balaban J connectivity index is 1.90. The molecule has 3 rings (SSSR count). The molecule has 2 heterocycles. The minimum absolute atomic E-state index is 0.550. The zero-order valence-electron chi connectivity index (χ0n) is 13.1. The van der Waals surface area contributed by atoms with Crippen molar-refractivity contribution in [3.63, 3.8) is 0 Å². The van der Waals surface area contributed by atoms with E-state index in [9.17, 15) is 0 Å². The zero-order valence-corrected chi connectivity index (χ0v) is 13.9. The van der Waals surface area contributed by atoms with E-state index in [0.29, 0.717) is 12.0 Å². The van der Waals surface area contributed by atoms with Crippen molar-refractivity contribution in [1.82, 2.24) is 9.97 Å². The largest absolute Gasteiger partial charge is 0.367 e. The first-order chi connectivity index (χ1) is 10.2. The van der Waals surface area contributed by atoms with Gasteiger partial charge in [0.25, 0.3) is 0 Å². The smallest absolute Gasteiger partial charge is 0.225 e. The van der Waals surface area contributed by atoms with E-state index in [4.69, 9.17) is 0 Å². The molecule has 2 aromatic rings. The number of aryl methyl sites for hydroxylation is 1. The Kier molecular flexibility index (Phi) is 4.29. The number of thiophene rings is 1. The highest BCUT2D eigenvalue weighted by Crippen LogP contribution is 2.32. The van der Waals surface area contributed by atoms with Gasteiger partial charge in [-0.05, 0) is 44.1 Å². The van der Waals surface area contributed by atoms with E-state index in [-0.39, 0.29) is 0 Å². The van der Waals surface area contributed by atoms with Crippen LogP contribution in [0, 0.1) is 5.92 Å². The Bertz CT molecular complexity index is 614. The Hall–Kier alpha value is -1.36. The van der Waals surface area contributed by atoms with Gasteiger partial charge in [-0.1, -0.05) is 13.8 Å². The Labute approximate surface area is 130 Å². The summed E-state index contributed by atoms with van der Waals surface area (Å²) in [6.45, 7) is 4.54. The molecule has 1 aliphatic carbocycles. The second-order valence-corrected chi connectivity index (χ2v) is 7.15. The number of fused-ring (bicyclic) bond motifs is 1. The molecule has 1 aliphatic rings. The summed E-state index contributed by atoms with van der Waals surface area (Å²) in [6, 6.07) is 2.79. The highest BCUT2D eigenvalue weighted by atomic mass is 32.1. The number of nitrogens with one attached hydrogen (secondary N) is 2. The number of hydrogen-bond donors (Lipinski definition) is 2. The van der Waals surface area contributed by atoms with E-state index in [2.05, 4.69) is 40.5 Å². The number of nitrogens with zero attached hydrogens (tertiary/aromatic N) is 2. The van der Waals surface area contributed by atoms with E-state index in [1.54, 1.807) is 11.3 Å². The van der Waals surface area contributed by atoms with Crippen molar-refractivity contribution < 1.29 is 0 Å². The predicted octanol–water partition coefficient (Wildman–Crippen LogP) is 4.29. The van der Waals surface area contributed by atoms with Gasteiger partial charge in [-0.3, -0.25) is 0 Å². The molecule has 4 nitrogen and oxygen atoms in total. The number of rotatable bonds is 4. The fraction of sp³-hybridized carbons (Fsp3) is 0.625. The summed E-state index contributed by atoms with van der Waals surface area (Å²) in [6.07, 6.45) is 6.16. The first kappa shape index (κ1) is 14.6. The van der Waals surface area contributed by atoms with Gasteiger partial charge in [0.15, 0.2) is 0 Å². The Morgan fingerprint density at radius 1 is 1.24 bits per heavy atom. The van der Waals surface area contributed by atoms with E-state index >= 15 is 0 Å². The summed E-state index contributed by atoms with van der Waals surface area (Å²) in [5.41, 5.74) is 0. The van der Waals surface area contributed by atoms with E-state index in [1.807, 2.05) is 7.05 Å². The lowest BCUT2D eigenvalue weighted by Crippen LogP contribution is -2.25. The fourth-order valence-electron chi connectivity index (χ4n) is 2.97. The molecule has 0 unspecified atom stereocenters. The summed E-state index contributed by atoms with van der Waals surface area (Å²) in [7, 11) is 1.88. The average Bonchev–Trinajstić information content (AvgIpc) is 2.92. The van der Waals surface area contributed by atoms with Crippen LogP contribution in [0.4, 0.5) is 11.8 Å². The van der Waals surface area contributed by atoms with E-state index < -0.39 is 0 Å². The van der Waals surface area contributed by atoms with Crippen LogP contribution in [0.1, 0.15) is 44.4 Å². The van der Waals surface area contributed by atoms with Gasteiger partial charge in [0, 0.05) is 18.0 Å². The minimum Gasteiger partial charge on any atom is -0.367 e. The standard InChI is InChI=1S/C16H24N4S/c1-4-12-9-13-14(18-11-7-5-10(2)6-8-11)19-16(17-3)20-15(13)21-12/h9-11H,4-8H2,1-3H3,(H2,17,18,19,20). The molecular weight excluding hydrogens is 280 g/mol. The van der Waals surface area contributed by atoms with Crippen molar-refractivity contribution in [3.05, 3.63) is 10.9 Å². The first-order valence-corrected chi connectivity index (χ1v) is 8.76. The fourth-order valence-corrected chi connectivity index (χ4v) is 3.93. The van der Waals surface area contributed by atoms with Crippen LogP contribution in [0.3, 0.4) is 0 Å².